The summed E-state index contributed by atoms with van der Waals surface area (Å²) >= 11 is 6.06. The van der Waals surface area contributed by atoms with Crippen LogP contribution in [0.1, 0.15) is 21.6 Å². The molecule has 27 heavy (non-hydrogen) atoms. The van der Waals surface area contributed by atoms with Crippen LogP contribution in [0.2, 0.25) is 5.02 Å². The molecule has 0 fully saturated rings. The normalized spacial score (nSPS) is 10.5. The van der Waals surface area contributed by atoms with E-state index in [0.717, 1.165) is 5.56 Å². The summed E-state index contributed by atoms with van der Waals surface area (Å²) in [5.41, 5.74) is 2.34. The monoisotopic (exact) mass is 384 g/mol. The van der Waals surface area contributed by atoms with Gasteiger partial charge in [-0.25, -0.2) is 14.4 Å². The molecule has 0 aliphatic carbocycles. The Hall–Kier alpha value is -2.99. The topological polar surface area (TPSA) is 66.9 Å². The van der Waals surface area contributed by atoms with Crippen LogP contribution in [0.15, 0.2) is 54.9 Å². The number of hydrogen-bond donors (Lipinski definition) is 2. The van der Waals surface area contributed by atoms with E-state index in [1.807, 2.05) is 13.0 Å². The van der Waals surface area contributed by atoms with Crippen molar-refractivity contribution < 1.29 is 9.18 Å². The SMILES string of the molecule is Cc1ccc(NC(=O)c2cnc(NCCc3ccccc3F)cn2)cc1Cl. The first-order valence-electron chi connectivity index (χ1n) is 8.40. The molecule has 0 unspecified atom stereocenters. The summed E-state index contributed by atoms with van der Waals surface area (Å²) in [4.78, 5) is 20.5. The second-order valence-electron chi connectivity index (χ2n) is 5.97. The largest absolute Gasteiger partial charge is 0.368 e. The molecule has 0 spiro atoms. The molecule has 1 amide bonds. The lowest BCUT2D eigenvalue weighted by Crippen LogP contribution is -2.15. The number of rotatable bonds is 6. The molecule has 2 N–H and O–H groups in total. The Balaban J connectivity index is 1.55. The summed E-state index contributed by atoms with van der Waals surface area (Å²) in [7, 11) is 0. The number of nitrogens with zero attached hydrogens (tertiary/aromatic N) is 2. The summed E-state index contributed by atoms with van der Waals surface area (Å²) in [6, 6.07) is 11.9. The van der Waals surface area contributed by atoms with Gasteiger partial charge in [-0.3, -0.25) is 4.79 Å². The molecule has 1 aromatic heterocycles. The molecule has 0 atom stereocenters. The highest BCUT2D eigenvalue weighted by atomic mass is 35.5. The second-order valence-corrected chi connectivity index (χ2v) is 6.38. The van der Waals surface area contributed by atoms with Crippen LogP contribution in [0.5, 0.6) is 0 Å². The van der Waals surface area contributed by atoms with Gasteiger partial charge in [0, 0.05) is 17.3 Å². The first-order valence-corrected chi connectivity index (χ1v) is 8.77. The van der Waals surface area contributed by atoms with E-state index >= 15 is 0 Å². The van der Waals surface area contributed by atoms with Crippen molar-refractivity contribution in [3.63, 3.8) is 0 Å². The molecule has 5 nitrogen and oxygen atoms in total. The third kappa shape index (κ3) is 5.01. The molecule has 3 rings (SSSR count). The summed E-state index contributed by atoms with van der Waals surface area (Å²) in [6.45, 7) is 2.39. The number of halogens is 2. The fourth-order valence-electron chi connectivity index (χ4n) is 2.43. The van der Waals surface area contributed by atoms with Gasteiger partial charge >= 0.3 is 0 Å². The Morgan fingerprint density at radius 3 is 2.67 bits per heavy atom. The number of amides is 1. The predicted molar refractivity (Wildman–Crippen MR) is 105 cm³/mol. The molecule has 0 saturated carbocycles. The molecule has 0 aliphatic rings. The summed E-state index contributed by atoms with van der Waals surface area (Å²) < 4.78 is 13.6. The average molecular weight is 385 g/mol. The van der Waals surface area contributed by atoms with Crippen LogP contribution in [-0.2, 0) is 6.42 Å². The van der Waals surface area contributed by atoms with Crippen molar-refractivity contribution in [2.45, 2.75) is 13.3 Å². The molecular formula is C20H18ClFN4O. The van der Waals surface area contributed by atoms with Crippen LogP contribution in [0.25, 0.3) is 0 Å². The van der Waals surface area contributed by atoms with Gasteiger partial charge in [-0.05, 0) is 42.7 Å². The van der Waals surface area contributed by atoms with Gasteiger partial charge in [0.2, 0.25) is 0 Å². The van der Waals surface area contributed by atoms with Gasteiger partial charge in [0.1, 0.15) is 17.3 Å². The van der Waals surface area contributed by atoms with Crippen LogP contribution >= 0.6 is 11.6 Å². The Labute approximate surface area is 161 Å². The third-order valence-electron chi connectivity index (χ3n) is 3.97. The summed E-state index contributed by atoms with van der Waals surface area (Å²) in [6.07, 6.45) is 3.37. The number of hydrogen-bond acceptors (Lipinski definition) is 4. The van der Waals surface area contributed by atoms with Gasteiger partial charge in [-0.1, -0.05) is 35.9 Å². The van der Waals surface area contributed by atoms with E-state index in [1.54, 1.807) is 30.3 Å². The summed E-state index contributed by atoms with van der Waals surface area (Å²) in [5.74, 6) is -0.0878. The highest BCUT2D eigenvalue weighted by Crippen LogP contribution is 2.20. The molecule has 3 aromatic rings. The molecule has 0 saturated heterocycles. The van der Waals surface area contributed by atoms with Crippen LogP contribution < -0.4 is 10.6 Å². The fraction of sp³-hybridized carbons (Fsp3) is 0.150. The van der Waals surface area contributed by atoms with Gasteiger partial charge in [-0.15, -0.1) is 0 Å². The fourth-order valence-corrected chi connectivity index (χ4v) is 2.61. The van der Waals surface area contributed by atoms with Gasteiger partial charge in [0.15, 0.2) is 0 Å². The molecule has 1 heterocycles. The number of carbonyl (C=O) groups is 1. The molecule has 0 bridgehead atoms. The van der Waals surface area contributed by atoms with E-state index in [2.05, 4.69) is 20.6 Å². The minimum absolute atomic E-state index is 0.186. The molecule has 0 radical (unpaired) electrons. The Bertz CT molecular complexity index is 947. The Morgan fingerprint density at radius 1 is 1.15 bits per heavy atom. The van der Waals surface area contributed by atoms with Gasteiger partial charge in [0.25, 0.3) is 5.91 Å². The van der Waals surface area contributed by atoms with Gasteiger partial charge < -0.3 is 10.6 Å². The van der Waals surface area contributed by atoms with Crippen molar-refractivity contribution in [1.29, 1.82) is 0 Å². The van der Waals surface area contributed by atoms with Crippen molar-refractivity contribution in [3.8, 4) is 0 Å². The summed E-state index contributed by atoms with van der Waals surface area (Å²) in [5, 5.41) is 6.37. The zero-order valence-corrected chi connectivity index (χ0v) is 15.4. The standard InChI is InChI=1S/C20H18ClFN4O/c1-13-6-7-15(10-16(13)21)26-20(27)18-11-25-19(12-24-18)23-9-8-14-4-2-3-5-17(14)22/h2-7,10-12H,8-9H2,1H3,(H,23,25)(H,26,27). The van der Waals surface area contributed by atoms with Gasteiger partial charge in [-0.2, -0.15) is 0 Å². The van der Waals surface area contributed by atoms with Crippen LogP contribution in [0.3, 0.4) is 0 Å². The molecule has 7 heteroatoms. The minimum Gasteiger partial charge on any atom is -0.368 e. The lowest BCUT2D eigenvalue weighted by Gasteiger charge is -2.08. The number of benzene rings is 2. The number of aromatic nitrogens is 2. The van der Waals surface area contributed by atoms with Crippen LogP contribution in [0.4, 0.5) is 15.9 Å². The smallest absolute Gasteiger partial charge is 0.275 e. The van der Waals surface area contributed by atoms with E-state index in [0.29, 0.717) is 35.1 Å². The average Bonchev–Trinajstić information content (AvgIpc) is 2.67. The number of anilines is 2. The van der Waals surface area contributed by atoms with Gasteiger partial charge in [0.05, 0.1) is 12.4 Å². The van der Waals surface area contributed by atoms with E-state index in [-0.39, 0.29) is 17.4 Å². The van der Waals surface area contributed by atoms with Crippen molar-refractivity contribution in [1.82, 2.24) is 9.97 Å². The molecule has 138 valence electrons. The zero-order valence-electron chi connectivity index (χ0n) is 14.7. The first-order chi connectivity index (χ1) is 13.0. The number of nitrogens with one attached hydrogen (secondary N) is 2. The first kappa shape index (κ1) is 18.8. The zero-order chi connectivity index (χ0) is 19.2. The number of carbonyl (C=O) groups excluding carboxylic acids is 1. The van der Waals surface area contributed by atoms with Crippen molar-refractivity contribution in [2.75, 3.05) is 17.2 Å². The van der Waals surface area contributed by atoms with E-state index in [4.69, 9.17) is 11.6 Å². The second kappa shape index (κ2) is 8.60. The molecule has 2 aromatic carbocycles. The molecular weight excluding hydrogens is 367 g/mol. The highest BCUT2D eigenvalue weighted by molar-refractivity contribution is 6.31. The lowest BCUT2D eigenvalue weighted by atomic mass is 10.1. The minimum atomic E-state index is -0.375. The van der Waals surface area contributed by atoms with E-state index in [9.17, 15) is 9.18 Å². The number of aryl methyl sites for hydroxylation is 1. The molecule has 0 aliphatic heterocycles. The lowest BCUT2D eigenvalue weighted by molar-refractivity contribution is 0.102. The van der Waals surface area contributed by atoms with Crippen molar-refractivity contribution in [2.24, 2.45) is 0 Å². The van der Waals surface area contributed by atoms with E-state index in [1.165, 1.54) is 18.5 Å². The predicted octanol–water partition coefficient (Wildman–Crippen LogP) is 4.48. The van der Waals surface area contributed by atoms with Crippen molar-refractivity contribution >= 4 is 29.0 Å². The third-order valence-corrected chi connectivity index (χ3v) is 4.38. The van der Waals surface area contributed by atoms with E-state index < -0.39 is 0 Å². The Kier molecular flexibility index (Phi) is 5.98. The maximum Gasteiger partial charge on any atom is 0.275 e. The van der Waals surface area contributed by atoms with Crippen LogP contribution in [0, 0.1) is 12.7 Å². The Morgan fingerprint density at radius 2 is 1.96 bits per heavy atom. The quantitative estimate of drug-likeness (QED) is 0.657. The maximum absolute atomic E-state index is 13.6. The maximum atomic E-state index is 13.6. The van der Waals surface area contributed by atoms with Crippen molar-refractivity contribution in [3.05, 3.63) is 82.5 Å². The highest BCUT2D eigenvalue weighted by Gasteiger charge is 2.09. The van der Waals surface area contributed by atoms with Crippen LogP contribution in [-0.4, -0.2) is 22.4 Å².